The topological polar surface area (TPSA) is 79.4 Å². The number of carbonyl (C=O) groups is 1. The van der Waals surface area contributed by atoms with E-state index in [9.17, 15) is 4.79 Å². The zero-order valence-electron chi connectivity index (χ0n) is 14.9. The van der Waals surface area contributed by atoms with E-state index in [0.717, 1.165) is 45.7 Å². The highest BCUT2D eigenvalue weighted by Gasteiger charge is 2.15. The molecule has 1 aliphatic carbocycles. The van der Waals surface area contributed by atoms with Crippen molar-refractivity contribution >= 4 is 11.9 Å². The first-order valence-electron chi connectivity index (χ1n) is 9.49. The molecular weight excluding hydrogens is 318 g/mol. The Kier molecular flexibility index (Phi) is 6.99. The number of hydrogen-bond acceptors (Lipinski definition) is 6. The van der Waals surface area contributed by atoms with Crippen LogP contribution in [0.3, 0.4) is 0 Å². The maximum Gasteiger partial charge on any atom is 0.270 e. The first-order chi connectivity index (χ1) is 12.3. The van der Waals surface area contributed by atoms with E-state index in [2.05, 4.69) is 25.5 Å². The minimum absolute atomic E-state index is 0.139. The SMILES string of the molecule is O=C(NCCN1CCOCC1)c1ccnc(NC2CCCCCC2)n1. The summed E-state index contributed by atoms with van der Waals surface area (Å²) in [4.78, 5) is 23.3. The lowest BCUT2D eigenvalue weighted by Crippen LogP contribution is -2.41. The second kappa shape index (κ2) is 9.68. The molecule has 25 heavy (non-hydrogen) atoms. The van der Waals surface area contributed by atoms with Crippen LogP contribution in [0.2, 0.25) is 0 Å². The largest absolute Gasteiger partial charge is 0.379 e. The minimum atomic E-state index is -0.139. The number of anilines is 1. The Morgan fingerprint density at radius 2 is 1.96 bits per heavy atom. The molecule has 1 saturated carbocycles. The van der Waals surface area contributed by atoms with E-state index in [4.69, 9.17) is 4.74 Å². The molecule has 3 rings (SSSR count). The van der Waals surface area contributed by atoms with Gasteiger partial charge in [0, 0.05) is 38.4 Å². The molecule has 138 valence electrons. The molecule has 1 aliphatic heterocycles. The van der Waals surface area contributed by atoms with Gasteiger partial charge in [0.1, 0.15) is 5.69 Å². The van der Waals surface area contributed by atoms with Crippen molar-refractivity contribution in [1.82, 2.24) is 20.2 Å². The van der Waals surface area contributed by atoms with E-state index < -0.39 is 0 Å². The second-order valence-corrected chi connectivity index (χ2v) is 6.81. The Balaban J connectivity index is 1.47. The summed E-state index contributed by atoms with van der Waals surface area (Å²) in [6, 6.07) is 2.09. The van der Waals surface area contributed by atoms with Gasteiger partial charge in [-0.25, -0.2) is 9.97 Å². The van der Waals surface area contributed by atoms with Gasteiger partial charge < -0.3 is 15.4 Å². The maximum absolute atomic E-state index is 12.3. The number of ether oxygens (including phenoxy) is 1. The smallest absolute Gasteiger partial charge is 0.270 e. The number of rotatable bonds is 6. The first-order valence-corrected chi connectivity index (χ1v) is 9.49. The average molecular weight is 347 g/mol. The minimum Gasteiger partial charge on any atom is -0.379 e. The van der Waals surface area contributed by atoms with Gasteiger partial charge in [-0.3, -0.25) is 9.69 Å². The molecule has 1 amide bonds. The molecule has 1 aromatic rings. The van der Waals surface area contributed by atoms with E-state index in [1.165, 1.54) is 25.7 Å². The van der Waals surface area contributed by atoms with Gasteiger partial charge >= 0.3 is 0 Å². The zero-order chi connectivity index (χ0) is 17.3. The summed E-state index contributed by atoms with van der Waals surface area (Å²) < 4.78 is 5.33. The fraction of sp³-hybridized carbons (Fsp3) is 0.722. The molecule has 0 bridgehead atoms. The number of nitrogens with zero attached hydrogens (tertiary/aromatic N) is 3. The zero-order valence-corrected chi connectivity index (χ0v) is 14.9. The van der Waals surface area contributed by atoms with Gasteiger partial charge in [-0.15, -0.1) is 0 Å². The van der Waals surface area contributed by atoms with Crippen LogP contribution in [0.1, 0.15) is 49.0 Å². The van der Waals surface area contributed by atoms with Gasteiger partial charge in [-0.05, 0) is 18.9 Å². The van der Waals surface area contributed by atoms with Crippen LogP contribution in [0, 0.1) is 0 Å². The summed E-state index contributed by atoms with van der Waals surface area (Å²) in [5, 5.41) is 6.35. The molecule has 2 heterocycles. The molecule has 2 fully saturated rings. The first kappa shape index (κ1) is 18.1. The van der Waals surface area contributed by atoms with Crippen LogP contribution < -0.4 is 10.6 Å². The second-order valence-electron chi connectivity index (χ2n) is 6.81. The lowest BCUT2D eigenvalue weighted by Gasteiger charge is -2.26. The molecule has 0 spiro atoms. The van der Waals surface area contributed by atoms with Crippen LogP contribution in [-0.2, 0) is 4.74 Å². The number of aromatic nitrogens is 2. The lowest BCUT2D eigenvalue weighted by molar-refractivity contribution is 0.0383. The summed E-state index contributed by atoms with van der Waals surface area (Å²) in [7, 11) is 0. The molecule has 0 radical (unpaired) electrons. The highest BCUT2D eigenvalue weighted by Crippen LogP contribution is 2.19. The van der Waals surface area contributed by atoms with Crippen LogP contribution >= 0.6 is 0 Å². The summed E-state index contributed by atoms with van der Waals surface area (Å²) in [5.41, 5.74) is 0.424. The third-order valence-electron chi connectivity index (χ3n) is 4.89. The van der Waals surface area contributed by atoms with Crippen molar-refractivity contribution in [2.75, 3.05) is 44.7 Å². The van der Waals surface area contributed by atoms with Crippen LogP contribution in [0.4, 0.5) is 5.95 Å². The third-order valence-corrected chi connectivity index (χ3v) is 4.89. The van der Waals surface area contributed by atoms with Crippen LogP contribution in [0.15, 0.2) is 12.3 Å². The Labute approximate surface area is 149 Å². The van der Waals surface area contributed by atoms with Crippen molar-refractivity contribution in [2.24, 2.45) is 0 Å². The summed E-state index contributed by atoms with van der Waals surface area (Å²) in [6.07, 6.45) is 9.08. The van der Waals surface area contributed by atoms with Crippen molar-refractivity contribution in [2.45, 2.75) is 44.6 Å². The lowest BCUT2D eigenvalue weighted by atomic mass is 10.1. The molecule has 0 unspecified atom stereocenters. The van der Waals surface area contributed by atoms with E-state index in [-0.39, 0.29) is 5.91 Å². The molecule has 7 heteroatoms. The number of morpholine rings is 1. The number of hydrogen-bond donors (Lipinski definition) is 2. The molecule has 1 aromatic heterocycles. The molecule has 7 nitrogen and oxygen atoms in total. The summed E-state index contributed by atoms with van der Waals surface area (Å²) in [5.74, 6) is 0.423. The van der Waals surface area contributed by atoms with Crippen LogP contribution in [0.5, 0.6) is 0 Å². The van der Waals surface area contributed by atoms with Crippen molar-refractivity contribution in [3.8, 4) is 0 Å². The van der Waals surface area contributed by atoms with Gasteiger partial charge in [0.15, 0.2) is 0 Å². The highest BCUT2D eigenvalue weighted by atomic mass is 16.5. The van der Waals surface area contributed by atoms with E-state index in [1.54, 1.807) is 12.3 Å². The average Bonchev–Trinajstić information content (AvgIpc) is 2.91. The van der Waals surface area contributed by atoms with Gasteiger partial charge in [0.05, 0.1) is 13.2 Å². The van der Waals surface area contributed by atoms with Gasteiger partial charge in [0.2, 0.25) is 5.95 Å². The number of nitrogens with one attached hydrogen (secondary N) is 2. The standard InChI is InChI=1S/C18H29N5O2/c24-17(19-9-10-23-11-13-25-14-12-23)16-7-8-20-18(22-16)21-15-5-3-1-2-4-6-15/h7-8,15H,1-6,9-14H2,(H,19,24)(H,20,21,22). The summed E-state index contributed by atoms with van der Waals surface area (Å²) in [6.45, 7) is 4.87. The summed E-state index contributed by atoms with van der Waals surface area (Å²) >= 11 is 0. The molecule has 2 aliphatic rings. The van der Waals surface area contributed by atoms with Crippen LogP contribution in [0.25, 0.3) is 0 Å². The highest BCUT2D eigenvalue weighted by molar-refractivity contribution is 5.92. The fourth-order valence-corrected chi connectivity index (χ4v) is 3.40. The maximum atomic E-state index is 12.3. The normalized spacial score (nSPS) is 20.0. The monoisotopic (exact) mass is 347 g/mol. The van der Waals surface area contributed by atoms with Gasteiger partial charge in [-0.1, -0.05) is 25.7 Å². The Bertz CT molecular complexity index is 540. The molecule has 1 saturated heterocycles. The van der Waals surface area contributed by atoms with Crippen molar-refractivity contribution < 1.29 is 9.53 Å². The number of carbonyl (C=O) groups excluding carboxylic acids is 1. The van der Waals surface area contributed by atoms with Gasteiger partial charge in [0.25, 0.3) is 5.91 Å². The van der Waals surface area contributed by atoms with Crippen LogP contribution in [-0.4, -0.2) is 66.2 Å². The fourth-order valence-electron chi connectivity index (χ4n) is 3.40. The Morgan fingerprint density at radius 1 is 1.20 bits per heavy atom. The van der Waals surface area contributed by atoms with Crippen molar-refractivity contribution in [3.05, 3.63) is 18.0 Å². The van der Waals surface area contributed by atoms with Crippen molar-refractivity contribution in [1.29, 1.82) is 0 Å². The van der Waals surface area contributed by atoms with E-state index >= 15 is 0 Å². The Morgan fingerprint density at radius 3 is 2.72 bits per heavy atom. The van der Waals surface area contributed by atoms with E-state index in [0.29, 0.717) is 24.2 Å². The predicted molar refractivity (Wildman–Crippen MR) is 96.7 cm³/mol. The quantitative estimate of drug-likeness (QED) is 0.762. The van der Waals surface area contributed by atoms with Gasteiger partial charge in [-0.2, -0.15) is 0 Å². The number of amides is 1. The molecular formula is C18H29N5O2. The van der Waals surface area contributed by atoms with Crippen molar-refractivity contribution in [3.63, 3.8) is 0 Å². The third kappa shape index (κ3) is 5.93. The predicted octanol–water partition coefficient (Wildman–Crippen LogP) is 1.67. The molecule has 0 aromatic carbocycles. The van der Waals surface area contributed by atoms with E-state index in [1.807, 2.05) is 0 Å². The Hall–Kier alpha value is -1.73. The molecule has 2 N–H and O–H groups in total. The molecule has 0 atom stereocenters.